The Morgan fingerprint density at radius 1 is 1.06 bits per heavy atom. The molecule has 1 fully saturated rings. The van der Waals surface area contributed by atoms with Gasteiger partial charge in [-0.15, -0.1) is 11.3 Å². The molecule has 1 aromatic carbocycles. The summed E-state index contributed by atoms with van der Waals surface area (Å²) in [5.41, 5.74) is 5.40. The van der Waals surface area contributed by atoms with Crippen LogP contribution in [0.15, 0.2) is 66.3 Å². The number of pyridine rings is 1. The van der Waals surface area contributed by atoms with Gasteiger partial charge in [-0.05, 0) is 74.1 Å². The van der Waals surface area contributed by atoms with Crippen LogP contribution in [0.3, 0.4) is 0 Å². The van der Waals surface area contributed by atoms with Crippen LogP contribution in [0.5, 0.6) is 0 Å². The van der Waals surface area contributed by atoms with Crippen molar-refractivity contribution in [3.05, 3.63) is 94.0 Å². The Morgan fingerprint density at radius 3 is 2.55 bits per heavy atom. The highest BCUT2D eigenvalue weighted by molar-refractivity contribution is 7.80. The molecule has 156 valence electrons. The first-order valence-electron chi connectivity index (χ1n) is 9.89. The van der Waals surface area contributed by atoms with Gasteiger partial charge in [-0.1, -0.05) is 17.7 Å². The van der Waals surface area contributed by atoms with Gasteiger partial charge in [0.2, 0.25) is 0 Å². The maximum atomic E-state index is 6.15. The molecular weight excluding hydrogens is 446 g/mol. The first-order chi connectivity index (χ1) is 15.0. The van der Waals surface area contributed by atoms with Gasteiger partial charge in [0.1, 0.15) is 0 Å². The molecule has 1 aliphatic heterocycles. The quantitative estimate of drug-likeness (QED) is 0.387. The van der Waals surface area contributed by atoms with Gasteiger partial charge in [-0.25, -0.2) is 4.98 Å². The first kappa shape index (κ1) is 20.2. The Kier molecular flexibility index (Phi) is 5.25. The fraction of sp³-hybridized carbons (Fsp3) is 0.174. The summed E-state index contributed by atoms with van der Waals surface area (Å²) in [6.07, 6.45) is 3.66. The number of hydrogen-bond acceptors (Lipinski definition) is 4. The molecule has 8 heteroatoms. The van der Waals surface area contributed by atoms with Crippen molar-refractivity contribution in [3.63, 3.8) is 0 Å². The molecule has 1 N–H and O–H groups in total. The van der Waals surface area contributed by atoms with Crippen LogP contribution >= 0.6 is 35.2 Å². The third kappa shape index (κ3) is 3.52. The van der Waals surface area contributed by atoms with Gasteiger partial charge in [-0.2, -0.15) is 0 Å². The summed E-state index contributed by atoms with van der Waals surface area (Å²) < 4.78 is 2.21. The molecule has 3 aromatic heterocycles. The molecule has 0 aliphatic carbocycles. The standard InChI is InChI=1S/C23H20ClN5S2/c1-14-13-18(15(2)28(14)23-26-11-12-31-23)21-20(19-5-3-4-10-25-19)27-22(30)29(21)17-8-6-16(24)7-9-17/h3-13,20-21H,1-2H3,(H,27,30)/t20-,21+/m0/s1. The third-order valence-electron chi connectivity index (χ3n) is 5.60. The van der Waals surface area contributed by atoms with Crippen LogP contribution in [0.25, 0.3) is 5.13 Å². The highest BCUT2D eigenvalue weighted by Crippen LogP contribution is 2.43. The predicted octanol–water partition coefficient (Wildman–Crippen LogP) is 5.78. The zero-order valence-corrected chi connectivity index (χ0v) is 19.4. The summed E-state index contributed by atoms with van der Waals surface area (Å²) >= 11 is 13.6. The van der Waals surface area contributed by atoms with Crippen molar-refractivity contribution in [2.24, 2.45) is 0 Å². The van der Waals surface area contributed by atoms with E-state index in [1.807, 2.05) is 60.2 Å². The van der Waals surface area contributed by atoms with E-state index >= 15 is 0 Å². The van der Waals surface area contributed by atoms with E-state index in [1.54, 1.807) is 11.3 Å². The number of thiocarbonyl (C=S) groups is 1. The van der Waals surface area contributed by atoms with Crippen molar-refractivity contribution in [1.82, 2.24) is 19.9 Å². The highest BCUT2D eigenvalue weighted by Gasteiger charge is 2.42. The molecule has 0 saturated carbocycles. The summed E-state index contributed by atoms with van der Waals surface area (Å²) in [4.78, 5) is 11.3. The number of nitrogens with zero attached hydrogens (tertiary/aromatic N) is 4. The lowest BCUT2D eigenvalue weighted by Crippen LogP contribution is -2.29. The minimum atomic E-state index is -0.0883. The number of hydrogen-bond donors (Lipinski definition) is 1. The fourth-order valence-electron chi connectivity index (χ4n) is 4.26. The van der Waals surface area contributed by atoms with Gasteiger partial charge in [0, 0.05) is 39.9 Å². The Labute approximate surface area is 195 Å². The van der Waals surface area contributed by atoms with E-state index in [1.165, 1.54) is 5.56 Å². The number of thiazole rings is 1. The minimum absolute atomic E-state index is 0.0662. The normalized spacial score (nSPS) is 18.4. The maximum absolute atomic E-state index is 6.15. The lowest BCUT2D eigenvalue weighted by molar-refractivity contribution is 0.565. The predicted molar refractivity (Wildman–Crippen MR) is 130 cm³/mol. The molecule has 1 saturated heterocycles. The second-order valence-electron chi connectivity index (χ2n) is 7.45. The van der Waals surface area contributed by atoms with E-state index < -0.39 is 0 Å². The van der Waals surface area contributed by atoms with Crippen molar-refractivity contribution in [3.8, 4) is 5.13 Å². The number of aryl methyl sites for hydroxylation is 1. The number of rotatable bonds is 4. The average Bonchev–Trinajstić information content (AvgIpc) is 3.47. The van der Waals surface area contributed by atoms with Crippen LogP contribution in [-0.4, -0.2) is 19.6 Å². The molecule has 0 unspecified atom stereocenters. The van der Waals surface area contributed by atoms with E-state index in [2.05, 4.69) is 44.7 Å². The lowest BCUT2D eigenvalue weighted by Gasteiger charge is -2.28. The first-order valence-corrected chi connectivity index (χ1v) is 11.6. The monoisotopic (exact) mass is 465 g/mol. The van der Waals surface area contributed by atoms with Crippen molar-refractivity contribution in [2.75, 3.05) is 4.90 Å². The van der Waals surface area contributed by atoms with Gasteiger partial charge < -0.3 is 10.2 Å². The molecule has 5 rings (SSSR count). The molecule has 4 aromatic rings. The Balaban J connectivity index is 1.68. The third-order valence-corrected chi connectivity index (χ3v) is 6.93. The van der Waals surface area contributed by atoms with Gasteiger partial charge in [0.15, 0.2) is 10.2 Å². The number of aromatic nitrogens is 3. The summed E-state index contributed by atoms with van der Waals surface area (Å²) in [6, 6.07) is 15.8. The molecule has 0 amide bonds. The molecule has 31 heavy (non-hydrogen) atoms. The molecule has 5 nitrogen and oxygen atoms in total. The average molecular weight is 466 g/mol. The smallest absolute Gasteiger partial charge is 0.193 e. The second-order valence-corrected chi connectivity index (χ2v) is 9.15. The fourth-order valence-corrected chi connectivity index (χ4v) is 5.48. The van der Waals surface area contributed by atoms with E-state index in [4.69, 9.17) is 23.8 Å². The Hall–Kier alpha value is -2.74. The number of halogens is 1. The topological polar surface area (TPSA) is 46.0 Å². The van der Waals surface area contributed by atoms with Gasteiger partial charge in [0.05, 0.1) is 17.8 Å². The second kappa shape index (κ2) is 8.07. The van der Waals surface area contributed by atoms with Crippen LogP contribution in [0, 0.1) is 13.8 Å². The van der Waals surface area contributed by atoms with E-state index in [0.29, 0.717) is 10.1 Å². The van der Waals surface area contributed by atoms with Gasteiger partial charge in [-0.3, -0.25) is 9.55 Å². The van der Waals surface area contributed by atoms with Crippen LogP contribution < -0.4 is 10.2 Å². The molecule has 1 aliphatic rings. The van der Waals surface area contributed by atoms with E-state index in [-0.39, 0.29) is 12.1 Å². The number of nitrogens with one attached hydrogen (secondary N) is 1. The molecule has 0 bridgehead atoms. The Bertz CT molecular complexity index is 1220. The Morgan fingerprint density at radius 2 is 1.87 bits per heavy atom. The van der Waals surface area contributed by atoms with Crippen LogP contribution in [0.2, 0.25) is 5.02 Å². The lowest BCUT2D eigenvalue weighted by atomic mass is 9.96. The maximum Gasteiger partial charge on any atom is 0.193 e. The molecule has 0 spiro atoms. The van der Waals surface area contributed by atoms with Crippen LogP contribution in [0.4, 0.5) is 5.69 Å². The zero-order chi connectivity index (χ0) is 21.5. The van der Waals surface area contributed by atoms with Crippen molar-refractivity contribution < 1.29 is 0 Å². The highest BCUT2D eigenvalue weighted by atomic mass is 35.5. The molecule has 4 heterocycles. The van der Waals surface area contributed by atoms with Crippen LogP contribution in [0.1, 0.15) is 34.7 Å². The zero-order valence-electron chi connectivity index (χ0n) is 17.0. The summed E-state index contributed by atoms with van der Waals surface area (Å²) in [5.74, 6) is 0. The van der Waals surface area contributed by atoms with Crippen molar-refractivity contribution in [1.29, 1.82) is 0 Å². The summed E-state index contributed by atoms with van der Waals surface area (Å²) in [5, 5.41) is 7.83. The van der Waals surface area contributed by atoms with Crippen LogP contribution in [-0.2, 0) is 0 Å². The number of benzene rings is 1. The van der Waals surface area contributed by atoms with Gasteiger partial charge >= 0.3 is 0 Å². The SMILES string of the molecule is Cc1cc([C@@H]2[C@H](c3ccccn3)NC(=S)N2c2ccc(Cl)cc2)c(C)n1-c1nccs1. The summed E-state index contributed by atoms with van der Waals surface area (Å²) in [6.45, 7) is 4.25. The van der Waals surface area contributed by atoms with Crippen molar-refractivity contribution >= 4 is 46.0 Å². The van der Waals surface area contributed by atoms with E-state index in [0.717, 1.165) is 27.9 Å². The van der Waals surface area contributed by atoms with Gasteiger partial charge in [0.25, 0.3) is 0 Å². The summed E-state index contributed by atoms with van der Waals surface area (Å²) in [7, 11) is 0. The minimum Gasteiger partial charge on any atom is -0.351 e. The van der Waals surface area contributed by atoms with E-state index in [9.17, 15) is 0 Å². The molecule has 0 radical (unpaired) electrons. The number of anilines is 1. The molecule has 2 atom stereocenters. The largest absolute Gasteiger partial charge is 0.351 e. The van der Waals surface area contributed by atoms with Crippen molar-refractivity contribution in [2.45, 2.75) is 25.9 Å². The molecular formula is C23H20ClN5S2.